The van der Waals surface area contributed by atoms with Gasteiger partial charge in [0.15, 0.2) is 11.5 Å². The van der Waals surface area contributed by atoms with Gasteiger partial charge in [0, 0.05) is 23.9 Å². The minimum Gasteiger partial charge on any atom is -0.364 e. The molecule has 4 rings (SSSR count). The molecule has 1 aliphatic heterocycles. The van der Waals surface area contributed by atoms with Crippen LogP contribution in [0.4, 0.5) is 5.82 Å². The number of pyridine rings is 1. The van der Waals surface area contributed by atoms with Crippen molar-refractivity contribution in [1.29, 1.82) is 0 Å². The van der Waals surface area contributed by atoms with E-state index < -0.39 is 17.9 Å². The number of nitrogens with two attached hydrogens (primary N) is 2. The molecule has 1 saturated heterocycles. The van der Waals surface area contributed by atoms with Crippen LogP contribution in [0, 0.1) is 19.3 Å². The number of likely N-dealkylation sites (tertiary alicyclic amines) is 1. The first-order valence-corrected chi connectivity index (χ1v) is 10.6. The lowest BCUT2D eigenvalue weighted by Crippen LogP contribution is -2.33. The second-order valence-electron chi connectivity index (χ2n) is 7.95. The van der Waals surface area contributed by atoms with Crippen LogP contribution < -0.4 is 16.9 Å². The third-order valence-electron chi connectivity index (χ3n) is 5.68. The largest absolute Gasteiger partial charge is 0.364 e. The van der Waals surface area contributed by atoms with Gasteiger partial charge in [-0.05, 0) is 55.5 Å². The summed E-state index contributed by atoms with van der Waals surface area (Å²) in [5, 5.41) is 2.74. The van der Waals surface area contributed by atoms with Crippen LogP contribution in [-0.4, -0.2) is 43.8 Å². The fourth-order valence-electron chi connectivity index (χ4n) is 4.06. The predicted octanol–water partition coefficient (Wildman–Crippen LogP) is 1.62. The minimum atomic E-state index is -0.767. The number of aryl methyl sites for hydroxylation is 1. The summed E-state index contributed by atoms with van der Waals surface area (Å²) in [5.41, 5.74) is 7.76. The number of primary amides is 1. The number of hydrogen-bond donors (Lipinski definition) is 3. The van der Waals surface area contributed by atoms with Crippen LogP contribution >= 0.6 is 0 Å². The second kappa shape index (κ2) is 9.07. The van der Waals surface area contributed by atoms with E-state index in [4.69, 9.17) is 18.0 Å². The van der Waals surface area contributed by atoms with Crippen molar-refractivity contribution in [3.63, 3.8) is 0 Å². The van der Waals surface area contributed by atoms with Gasteiger partial charge in [0.25, 0.3) is 17.7 Å². The Labute approximate surface area is 195 Å². The van der Waals surface area contributed by atoms with Gasteiger partial charge in [0.05, 0.1) is 6.04 Å². The molecular formula is C24H23N7O3. The Bertz CT molecular complexity index is 1320. The SMILES string of the molecule is C#CC(=O)N1CCCC1c1nc(-c2ccc(C(=O)Nc3cc(C)ccn3)cc2)c(C(N)=O)n1N. The van der Waals surface area contributed by atoms with Gasteiger partial charge >= 0.3 is 0 Å². The highest BCUT2D eigenvalue weighted by molar-refractivity contribution is 6.04. The molecule has 10 heteroatoms. The molecule has 3 aromatic rings. The third kappa shape index (κ3) is 4.19. The zero-order chi connectivity index (χ0) is 24.4. The van der Waals surface area contributed by atoms with E-state index in [1.807, 2.05) is 13.0 Å². The highest BCUT2D eigenvalue weighted by Gasteiger charge is 2.35. The van der Waals surface area contributed by atoms with Crippen LogP contribution in [0.3, 0.4) is 0 Å². The van der Waals surface area contributed by atoms with Gasteiger partial charge in [-0.3, -0.25) is 14.4 Å². The molecule has 0 aliphatic carbocycles. The number of carbonyl (C=O) groups is 3. The van der Waals surface area contributed by atoms with Gasteiger partial charge in [-0.15, -0.1) is 6.42 Å². The first kappa shape index (κ1) is 22.5. The maximum absolute atomic E-state index is 12.6. The molecule has 0 spiro atoms. The number of amides is 3. The maximum atomic E-state index is 12.6. The first-order valence-electron chi connectivity index (χ1n) is 10.6. The second-order valence-corrected chi connectivity index (χ2v) is 7.95. The van der Waals surface area contributed by atoms with E-state index in [0.717, 1.165) is 16.7 Å². The average Bonchev–Trinajstić information content (AvgIpc) is 3.43. The molecule has 5 N–H and O–H groups in total. The van der Waals surface area contributed by atoms with Crippen molar-refractivity contribution in [2.45, 2.75) is 25.8 Å². The molecule has 10 nitrogen and oxygen atoms in total. The summed E-state index contributed by atoms with van der Waals surface area (Å²) in [6.45, 7) is 2.38. The van der Waals surface area contributed by atoms with Gasteiger partial charge in [-0.2, -0.15) is 0 Å². The zero-order valence-corrected chi connectivity index (χ0v) is 18.5. The van der Waals surface area contributed by atoms with Crippen LogP contribution in [-0.2, 0) is 4.79 Å². The molecular weight excluding hydrogens is 434 g/mol. The summed E-state index contributed by atoms with van der Waals surface area (Å²) in [4.78, 5) is 47.1. The molecule has 2 aromatic heterocycles. The number of terminal acetylenes is 1. The molecule has 1 unspecified atom stereocenters. The molecule has 3 amide bonds. The number of hydrogen-bond acceptors (Lipinski definition) is 6. The molecule has 1 fully saturated rings. The number of aromatic nitrogens is 3. The van der Waals surface area contributed by atoms with Crippen LogP contribution in [0.5, 0.6) is 0 Å². The molecule has 172 valence electrons. The molecule has 34 heavy (non-hydrogen) atoms. The topological polar surface area (TPSA) is 149 Å². The fraction of sp³-hybridized carbons (Fsp3) is 0.208. The predicted molar refractivity (Wildman–Crippen MR) is 126 cm³/mol. The molecule has 1 atom stereocenters. The molecule has 0 bridgehead atoms. The van der Waals surface area contributed by atoms with Crippen LogP contribution in [0.25, 0.3) is 11.3 Å². The monoisotopic (exact) mass is 457 g/mol. The molecule has 0 saturated carbocycles. The van der Waals surface area contributed by atoms with E-state index in [-0.39, 0.29) is 17.3 Å². The molecule has 1 aromatic carbocycles. The lowest BCUT2D eigenvalue weighted by atomic mass is 10.1. The number of benzene rings is 1. The number of carbonyl (C=O) groups excluding carboxylic acids is 3. The minimum absolute atomic E-state index is 0.00355. The maximum Gasteiger partial charge on any atom is 0.298 e. The van der Waals surface area contributed by atoms with Crippen molar-refractivity contribution in [3.05, 3.63) is 65.2 Å². The van der Waals surface area contributed by atoms with E-state index >= 15 is 0 Å². The van der Waals surface area contributed by atoms with Crippen molar-refractivity contribution in [1.82, 2.24) is 19.5 Å². The highest BCUT2D eigenvalue weighted by Crippen LogP contribution is 2.34. The standard InChI is InChI=1S/C24H23N7O3/c1-3-19(32)30-12-4-5-17(30)23-29-20(21(22(25)33)31(23)26)15-6-8-16(9-7-15)24(34)28-18-13-14(2)10-11-27-18/h1,6-11,13,17H,4-5,12,26H2,2H3,(H2,25,33)(H,27,28,34). The van der Waals surface area contributed by atoms with E-state index in [1.165, 1.54) is 4.90 Å². The van der Waals surface area contributed by atoms with Gasteiger partial charge in [0.2, 0.25) is 0 Å². The Hall–Kier alpha value is -4.65. The molecule has 3 heterocycles. The highest BCUT2D eigenvalue weighted by atomic mass is 16.2. The summed E-state index contributed by atoms with van der Waals surface area (Å²) < 4.78 is 1.12. The summed E-state index contributed by atoms with van der Waals surface area (Å²) in [6, 6.07) is 9.63. The number of imidazole rings is 1. The van der Waals surface area contributed by atoms with E-state index in [2.05, 4.69) is 21.2 Å². The Kier molecular flexibility index (Phi) is 6.01. The normalized spacial score (nSPS) is 15.1. The summed E-state index contributed by atoms with van der Waals surface area (Å²) in [5.74, 6) is 7.50. The number of nitrogens with zero attached hydrogens (tertiary/aromatic N) is 4. The third-order valence-corrected chi connectivity index (χ3v) is 5.68. The molecule has 0 radical (unpaired) electrons. The summed E-state index contributed by atoms with van der Waals surface area (Å²) >= 11 is 0. The molecule has 1 aliphatic rings. The van der Waals surface area contributed by atoms with Crippen LogP contribution in [0.1, 0.15) is 51.1 Å². The Morgan fingerprint density at radius 3 is 2.59 bits per heavy atom. The van der Waals surface area contributed by atoms with Crippen LogP contribution in [0.15, 0.2) is 42.6 Å². The van der Waals surface area contributed by atoms with E-state index in [9.17, 15) is 14.4 Å². The lowest BCUT2D eigenvalue weighted by molar-refractivity contribution is -0.126. The van der Waals surface area contributed by atoms with Gasteiger partial charge in [-0.1, -0.05) is 12.1 Å². The van der Waals surface area contributed by atoms with Crippen molar-refractivity contribution in [2.75, 3.05) is 17.7 Å². The average molecular weight is 457 g/mol. The van der Waals surface area contributed by atoms with Gasteiger partial charge < -0.3 is 21.8 Å². The smallest absolute Gasteiger partial charge is 0.298 e. The van der Waals surface area contributed by atoms with Gasteiger partial charge in [-0.25, -0.2) is 14.6 Å². The lowest BCUT2D eigenvalue weighted by Gasteiger charge is -2.21. The fourth-order valence-corrected chi connectivity index (χ4v) is 4.06. The number of rotatable bonds is 5. The summed E-state index contributed by atoms with van der Waals surface area (Å²) in [6.07, 6.45) is 8.23. The number of anilines is 1. The van der Waals surface area contributed by atoms with Crippen molar-refractivity contribution in [3.8, 4) is 23.6 Å². The van der Waals surface area contributed by atoms with Crippen LogP contribution in [0.2, 0.25) is 0 Å². The Balaban J connectivity index is 1.64. The van der Waals surface area contributed by atoms with Crippen molar-refractivity contribution >= 4 is 23.5 Å². The number of nitrogens with one attached hydrogen (secondary N) is 1. The Morgan fingerprint density at radius 2 is 1.94 bits per heavy atom. The van der Waals surface area contributed by atoms with E-state index in [1.54, 1.807) is 36.5 Å². The number of nitrogen functional groups attached to an aromatic ring is 1. The Morgan fingerprint density at radius 1 is 1.21 bits per heavy atom. The quantitative estimate of drug-likeness (QED) is 0.391. The first-order chi connectivity index (χ1) is 16.3. The van der Waals surface area contributed by atoms with Crippen molar-refractivity contribution < 1.29 is 14.4 Å². The summed E-state index contributed by atoms with van der Waals surface area (Å²) in [7, 11) is 0. The zero-order valence-electron chi connectivity index (χ0n) is 18.5. The van der Waals surface area contributed by atoms with E-state index in [0.29, 0.717) is 35.7 Å². The van der Waals surface area contributed by atoms with Crippen molar-refractivity contribution in [2.24, 2.45) is 5.73 Å². The van der Waals surface area contributed by atoms with Gasteiger partial charge in [0.1, 0.15) is 11.5 Å².